The van der Waals surface area contributed by atoms with Gasteiger partial charge in [0.05, 0.1) is 17.2 Å². The van der Waals surface area contributed by atoms with E-state index in [0.717, 1.165) is 12.5 Å². The molecule has 25 heavy (non-hydrogen) atoms. The molecule has 5 nitrogen and oxygen atoms in total. The van der Waals surface area contributed by atoms with Gasteiger partial charge in [-0.3, -0.25) is 4.79 Å². The Hall–Kier alpha value is -2.60. The van der Waals surface area contributed by atoms with Crippen molar-refractivity contribution in [1.82, 2.24) is 0 Å². The summed E-state index contributed by atoms with van der Waals surface area (Å²) < 4.78 is 23.3. The van der Waals surface area contributed by atoms with Crippen LogP contribution in [0.4, 0.5) is 10.1 Å². The van der Waals surface area contributed by atoms with E-state index in [9.17, 15) is 14.0 Å². The molecular formula is C18H17ClFNO4. The van der Waals surface area contributed by atoms with Gasteiger partial charge in [0.2, 0.25) is 0 Å². The van der Waals surface area contributed by atoms with Crippen molar-refractivity contribution in [2.24, 2.45) is 0 Å². The number of halogens is 2. The van der Waals surface area contributed by atoms with Crippen LogP contribution in [0.15, 0.2) is 42.5 Å². The maximum absolute atomic E-state index is 13.0. The lowest BCUT2D eigenvalue weighted by atomic mass is 10.2. The Morgan fingerprint density at radius 2 is 1.88 bits per heavy atom. The number of hydrogen-bond acceptors (Lipinski definition) is 4. The van der Waals surface area contributed by atoms with E-state index in [1.54, 1.807) is 24.3 Å². The minimum absolute atomic E-state index is 0.0801. The van der Waals surface area contributed by atoms with Gasteiger partial charge in [-0.25, -0.2) is 9.18 Å². The molecule has 0 saturated heterocycles. The minimum Gasteiger partial charge on any atom is -0.484 e. The molecule has 132 valence electrons. The number of rotatable bonds is 7. The lowest BCUT2D eigenvalue weighted by Crippen LogP contribution is -2.20. The molecule has 0 fully saturated rings. The summed E-state index contributed by atoms with van der Waals surface area (Å²) in [5, 5.41) is 2.54. The van der Waals surface area contributed by atoms with Crippen LogP contribution in [0.3, 0.4) is 0 Å². The maximum atomic E-state index is 13.0. The largest absolute Gasteiger partial charge is 0.484 e. The molecule has 2 aromatic rings. The second-order valence-electron chi connectivity index (χ2n) is 5.13. The lowest BCUT2D eigenvalue weighted by molar-refractivity contribution is -0.118. The van der Waals surface area contributed by atoms with Gasteiger partial charge in [0.25, 0.3) is 5.91 Å². The fourth-order valence-electron chi connectivity index (χ4n) is 1.88. The van der Waals surface area contributed by atoms with Gasteiger partial charge in [-0.15, -0.1) is 0 Å². The molecule has 0 aliphatic carbocycles. The molecule has 1 amide bonds. The highest BCUT2D eigenvalue weighted by molar-refractivity contribution is 6.30. The van der Waals surface area contributed by atoms with Gasteiger partial charge < -0.3 is 14.8 Å². The van der Waals surface area contributed by atoms with E-state index in [2.05, 4.69) is 5.32 Å². The molecule has 0 bridgehead atoms. The predicted octanol–water partition coefficient (Wildman–Crippen LogP) is 4.06. The molecule has 1 N–H and O–H groups in total. The van der Waals surface area contributed by atoms with Crippen LogP contribution in [-0.4, -0.2) is 25.1 Å². The smallest absolute Gasteiger partial charge is 0.338 e. The molecule has 0 aliphatic heterocycles. The average Bonchev–Trinajstić information content (AvgIpc) is 2.61. The van der Waals surface area contributed by atoms with Crippen molar-refractivity contribution in [1.29, 1.82) is 0 Å². The van der Waals surface area contributed by atoms with Crippen molar-refractivity contribution >= 4 is 29.2 Å². The molecule has 2 rings (SSSR count). The van der Waals surface area contributed by atoms with Crippen molar-refractivity contribution in [3.63, 3.8) is 0 Å². The molecule has 0 aromatic heterocycles. The van der Waals surface area contributed by atoms with Crippen LogP contribution in [0.25, 0.3) is 0 Å². The molecule has 0 spiro atoms. The number of amides is 1. The van der Waals surface area contributed by atoms with Crippen LogP contribution in [0, 0.1) is 5.82 Å². The van der Waals surface area contributed by atoms with E-state index in [-0.39, 0.29) is 17.4 Å². The summed E-state index contributed by atoms with van der Waals surface area (Å²) in [6, 6.07) is 10.1. The van der Waals surface area contributed by atoms with Gasteiger partial charge >= 0.3 is 5.97 Å². The van der Waals surface area contributed by atoms with Crippen LogP contribution in [0.5, 0.6) is 5.75 Å². The van der Waals surface area contributed by atoms with Gasteiger partial charge in [-0.2, -0.15) is 0 Å². The van der Waals surface area contributed by atoms with Crippen LogP contribution in [0.1, 0.15) is 23.7 Å². The van der Waals surface area contributed by atoms with Gasteiger partial charge in [-0.05, 0) is 42.8 Å². The predicted molar refractivity (Wildman–Crippen MR) is 92.6 cm³/mol. The van der Waals surface area contributed by atoms with Crippen molar-refractivity contribution in [3.8, 4) is 5.75 Å². The molecule has 0 radical (unpaired) electrons. The number of ether oxygens (including phenoxy) is 2. The number of benzene rings is 2. The highest BCUT2D eigenvalue weighted by atomic mass is 35.5. The van der Waals surface area contributed by atoms with E-state index in [1.165, 1.54) is 12.1 Å². The second-order valence-corrected chi connectivity index (χ2v) is 5.53. The van der Waals surface area contributed by atoms with E-state index < -0.39 is 17.7 Å². The Balaban J connectivity index is 1.85. The Kier molecular flexibility index (Phi) is 6.77. The summed E-state index contributed by atoms with van der Waals surface area (Å²) in [6.45, 7) is 2.01. The number of carbonyl (C=O) groups is 2. The van der Waals surface area contributed by atoms with Crippen LogP contribution in [0.2, 0.25) is 5.02 Å². The molecule has 0 heterocycles. The van der Waals surface area contributed by atoms with Crippen LogP contribution in [-0.2, 0) is 9.53 Å². The quantitative estimate of drug-likeness (QED) is 0.751. The first kappa shape index (κ1) is 18.7. The van der Waals surface area contributed by atoms with Gasteiger partial charge in [0.1, 0.15) is 11.6 Å². The summed E-state index contributed by atoms with van der Waals surface area (Å²) in [5.41, 5.74) is 0.918. The zero-order valence-electron chi connectivity index (χ0n) is 13.6. The van der Waals surface area contributed by atoms with Crippen molar-refractivity contribution < 1.29 is 23.5 Å². The zero-order valence-corrected chi connectivity index (χ0v) is 14.3. The Morgan fingerprint density at radius 3 is 2.52 bits per heavy atom. The van der Waals surface area contributed by atoms with E-state index >= 15 is 0 Å². The van der Waals surface area contributed by atoms with E-state index in [1.807, 2.05) is 6.92 Å². The Bertz CT molecular complexity index is 749. The zero-order chi connectivity index (χ0) is 18.2. The van der Waals surface area contributed by atoms with Crippen molar-refractivity contribution in [3.05, 3.63) is 58.9 Å². The van der Waals surface area contributed by atoms with E-state index in [4.69, 9.17) is 21.1 Å². The molecule has 2 aromatic carbocycles. The normalized spacial score (nSPS) is 10.2. The monoisotopic (exact) mass is 365 g/mol. The van der Waals surface area contributed by atoms with E-state index in [0.29, 0.717) is 17.9 Å². The summed E-state index contributed by atoms with van der Waals surface area (Å²) in [4.78, 5) is 23.5. The number of esters is 1. The third kappa shape index (κ3) is 5.76. The molecule has 0 saturated carbocycles. The van der Waals surface area contributed by atoms with Crippen LogP contribution >= 0.6 is 11.6 Å². The number of hydrogen-bond donors (Lipinski definition) is 1. The summed E-state index contributed by atoms with van der Waals surface area (Å²) >= 11 is 5.64. The fourth-order valence-corrected chi connectivity index (χ4v) is 2.05. The van der Waals surface area contributed by atoms with Crippen molar-refractivity contribution in [2.75, 3.05) is 18.5 Å². The first-order valence-electron chi connectivity index (χ1n) is 7.64. The number of carbonyl (C=O) groups excluding carboxylic acids is 2. The molecular weight excluding hydrogens is 349 g/mol. The van der Waals surface area contributed by atoms with Crippen molar-refractivity contribution in [2.45, 2.75) is 13.3 Å². The third-order valence-corrected chi connectivity index (χ3v) is 3.39. The summed E-state index contributed by atoms with van der Waals surface area (Å²) in [6.07, 6.45) is 0.749. The summed E-state index contributed by atoms with van der Waals surface area (Å²) in [5.74, 6) is -1.08. The SMILES string of the molecule is CCCOC(=O)c1ccc(NC(=O)COc2ccc(F)c(Cl)c2)cc1. The topological polar surface area (TPSA) is 64.6 Å². The highest BCUT2D eigenvalue weighted by Crippen LogP contribution is 2.21. The Labute approximate surface area is 149 Å². The van der Waals surface area contributed by atoms with Crippen LogP contribution < -0.4 is 10.1 Å². The standard InChI is InChI=1S/C18H17ClFNO4/c1-2-9-24-18(23)12-3-5-13(6-4-12)21-17(22)11-25-14-7-8-16(20)15(19)10-14/h3-8,10H,2,9,11H2,1H3,(H,21,22). The highest BCUT2D eigenvalue weighted by Gasteiger charge is 2.09. The molecule has 7 heteroatoms. The lowest BCUT2D eigenvalue weighted by Gasteiger charge is -2.09. The molecule has 0 unspecified atom stereocenters. The first-order chi connectivity index (χ1) is 12.0. The fraction of sp³-hybridized carbons (Fsp3) is 0.222. The second kappa shape index (κ2) is 9.03. The minimum atomic E-state index is -0.559. The average molecular weight is 366 g/mol. The van der Waals surface area contributed by atoms with Gasteiger partial charge in [-0.1, -0.05) is 18.5 Å². The maximum Gasteiger partial charge on any atom is 0.338 e. The number of nitrogens with one attached hydrogen (secondary N) is 1. The third-order valence-electron chi connectivity index (χ3n) is 3.10. The van der Waals surface area contributed by atoms with Gasteiger partial charge in [0, 0.05) is 11.8 Å². The molecule has 0 atom stereocenters. The summed E-state index contributed by atoms with van der Waals surface area (Å²) in [7, 11) is 0. The first-order valence-corrected chi connectivity index (χ1v) is 8.02. The number of anilines is 1. The Morgan fingerprint density at radius 1 is 1.16 bits per heavy atom. The van der Waals surface area contributed by atoms with Gasteiger partial charge in [0.15, 0.2) is 6.61 Å². The molecule has 0 aliphatic rings.